The Balaban J connectivity index is 2.59. The maximum absolute atomic E-state index is 11.3. The van der Waals surface area contributed by atoms with E-state index in [1.54, 1.807) is 6.92 Å². The number of carbonyl (C=O) groups is 2. The molecule has 1 aromatic heterocycles. The van der Waals surface area contributed by atoms with Crippen LogP contribution in [-0.2, 0) is 27.3 Å². The lowest BCUT2D eigenvalue weighted by Gasteiger charge is -2.08. The Kier molecular flexibility index (Phi) is 7.06. The van der Waals surface area contributed by atoms with Crippen LogP contribution in [-0.4, -0.2) is 44.2 Å². The van der Waals surface area contributed by atoms with Crippen molar-refractivity contribution in [2.75, 3.05) is 12.4 Å². The third kappa shape index (κ3) is 5.20. The van der Waals surface area contributed by atoms with E-state index in [1.807, 2.05) is 11.5 Å². The van der Waals surface area contributed by atoms with Crippen molar-refractivity contribution in [2.45, 2.75) is 44.8 Å². The highest BCUT2D eigenvalue weighted by molar-refractivity contribution is 7.99. The normalized spacial score (nSPS) is 10.5. The summed E-state index contributed by atoms with van der Waals surface area (Å²) in [5.41, 5.74) is 0. The van der Waals surface area contributed by atoms with Crippen LogP contribution < -0.4 is 0 Å². The van der Waals surface area contributed by atoms with Gasteiger partial charge in [0.05, 0.1) is 12.4 Å². The molecule has 0 radical (unpaired) electrons. The topological polar surface area (TPSA) is 94.3 Å². The SMILES string of the molecule is CCOC(=O)CCCn1c(CC)nnc1SCC(=O)O. The van der Waals surface area contributed by atoms with Crippen LogP contribution in [0.15, 0.2) is 5.16 Å². The number of aromatic nitrogens is 3. The summed E-state index contributed by atoms with van der Waals surface area (Å²) in [6.07, 6.45) is 1.66. The van der Waals surface area contributed by atoms with E-state index in [9.17, 15) is 9.59 Å². The Morgan fingerprint density at radius 3 is 2.70 bits per heavy atom. The molecule has 0 aliphatic rings. The number of aliphatic carboxylic acids is 1. The summed E-state index contributed by atoms with van der Waals surface area (Å²) in [5, 5.41) is 17.3. The minimum absolute atomic E-state index is 0.0558. The largest absolute Gasteiger partial charge is 0.481 e. The van der Waals surface area contributed by atoms with Gasteiger partial charge in [-0.2, -0.15) is 0 Å². The second-order valence-electron chi connectivity index (χ2n) is 3.99. The fraction of sp³-hybridized carbons (Fsp3) is 0.667. The molecule has 0 fully saturated rings. The van der Waals surface area contributed by atoms with Crippen molar-refractivity contribution < 1.29 is 19.4 Å². The molecule has 0 spiro atoms. The van der Waals surface area contributed by atoms with Crippen LogP contribution in [0.4, 0.5) is 0 Å². The zero-order valence-electron chi connectivity index (χ0n) is 11.7. The second kappa shape index (κ2) is 8.57. The summed E-state index contributed by atoms with van der Waals surface area (Å²) in [6, 6.07) is 0. The Labute approximate surface area is 121 Å². The molecular formula is C12H19N3O4S. The first-order valence-corrected chi connectivity index (χ1v) is 7.49. The first-order valence-electron chi connectivity index (χ1n) is 6.50. The quantitative estimate of drug-likeness (QED) is 0.543. The van der Waals surface area contributed by atoms with Gasteiger partial charge in [0.2, 0.25) is 0 Å². The van der Waals surface area contributed by atoms with Gasteiger partial charge in [0.25, 0.3) is 0 Å². The molecule has 0 aliphatic carbocycles. The van der Waals surface area contributed by atoms with Gasteiger partial charge in [-0.25, -0.2) is 0 Å². The molecule has 0 unspecified atom stereocenters. The summed E-state index contributed by atoms with van der Waals surface area (Å²) in [4.78, 5) is 21.9. The predicted octanol–water partition coefficient (Wildman–Crippen LogP) is 1.36. The molecule has 0 aliphatic heterocycles. The summed E-state index contributed by atoms with van der Waals surface area (Å²) in [5.74, 6) is -0.381. The number of hydrogen-bond acceptors (Lipinski definition) is 6. The minimum Gasteiger partial charge on any atom is -0.481 e. The van der Waals surface area contributed by atoms with Gasteiger partial charge in [0.15, 0.2) is 5.16 Å². The van der Waals surface area contributed by atoms with Crippen molar-refractivity contribution >= 4 is 23.7 Å². The number of esters is 1. The molecule has 0 saturated carbocycles. The van der Waals surface area contributed by atoms with Gasteiger partial charge in [0.1, 0.15) is 5.82 Å². The van der Waals surface area contributed by atoms with Gasteiger partial charge in [-0.15, -0.1) is 10.2 Å². The van der Waals surface area contributed by atoms with Gasteiger partial charge < -0.3 is 14.4 Å². The minimum atomic E-state index is -0.894. The maximum Gasteiger partial charge on any atom is 0.313 e. The first-order chi connectivity index (χ1) is 9.58. The van der Waals surface area contributed by atoms with Crippen LogP contribution in [0, 0.1) is 0 Å². The highest BCUT2D eigenvalue weighted by atomic mass is 32.2. The van der Waals surface area contributed by atoms with Crippen LogP contribution in [0.5, 0.6) is 0 Å². The third-order valence-corrected chi connectivity index (χ3v) is 3.45. The monoisotopic (exact) mass is 301 g/mol. The standard InChI is InChI=1S/C12H19N3O4S/c1-3-9-13-14-12(20-8-10(16)17)15(9)7-5-6-11(18)19-4-2/h3-8H2,1-2H3,(H,16,17). The maximum atomic E-state index is 11.3. The second-order valence-corrected chi connectivity index (χ2v) is 4.94. The molecule has 1 rings (SSSR count). The molecule has 7 nitrogen and oxygen atoms in total. The van der Waals surface area contributed by atoms with Crippen molar-refractivity contribution in [1.29, 1.82) is 0 Å². The Hall–Kier alpha value is -1.57. The summed E-state index contributed by atoms with van der Waals surface area (Å²) >= 11 is 1.13. The highest BCUT2D eigenvalue weighted by Gasteiger charge is 2.13. The van der Waals surface area contributed by atoms with Crippen LogP contribution in [0.3, 0.4) is 0 Å². The molecule has 0 atom stereocenters. The smallest absolute Gasteiger partial charge is 0.313 e. The van der Waals surface area contributed by atoms with E-state index in [0.29, 0.717) is 37.6 Å². The number of thioether (sulfide) groups is 1. The number of hydrogen-bond donors (Lipinski definition) is 1. The van der Waals surface area contributed by atoms with E-state index in [2.05, 4.69) is 10.2 Å². The fourth-order valence-corrected chi connectivity index (χ4v) is 2.36. The lowest BCUT2D eigenvalue weighted by Crippen LogP contribution is -2.09. The van der Waals surface area contributed by atoms with Crippen molar-refractivity contribution in [1.82, 2.24) is 14.8 Å². The average molecular weight is 301 g/mol. The van der Waals surface area contributed by atoms with Gasteiger partial charge >= 0.3 is 11.9 Å². The molecule has 0 saturated heterocycles. The Morgan fingerprint density at radius 1 is 1.35 bits per heavy atom. The third-order valence-electron chi connectivity index (χ3n) is 2.50. The average Bonchev–Trinajstić information content (AvgIpc) is 2.79. The number of rotatable bonds is 9. The molecule has 0 aromatic carbocycles. The number of ether oxygens (including phenoxy) is 1. The van der Waals surface area contributed by atoms with Crippen molar-refractivity contribution in [2.24, 2.45) is 0 Å². The van der Waals surface area contributed by atoms with Crippen LogP contribution in [0.1, 0.15) is 32.5 Å². The molecule has 1 heterocycles. The summed E-state index contributed by atoms with van der Waals surface area (Å²) in [6.45, 7) is 4.69. The Morgan fingerprint density at radius 2 is 2.10 bits per heavy atom. The van der Waals surface area contributed by atoms with Crippen LogP contribution in [0.25, 0.3) is 0 Å². The lowest BCUT2D eigenvalue weighted by molar-refractivity contribution is -0.143. The van der Waals surface area contributed by atoms with Crippen molar-refractivity contribution in [3.05, 3.63) is 5.82 Å². The molecule has 20 heavy (non-hydrogen) atoms. The molecule has 0 amide bonds. The van der Waals surface area contributed by atoms with Gasteiger partial charge in [0, 0.05) is 19.4 Å². The number of aryl methyl sites for hydroxylation is 1. The zero-order valence-corrected chi connectivity index (χ0v) is 12.5. The number of nitrogens with zero attached hydrogens (tertiary/aromatic N) is 3. The van der Waals surface area contributed by atoms with Crippen molar-refractivity contribution in [3.63, 3.8) is 0 Å². The van der Waals surface area contributed by atoms with E-state index in [0.717, 1.165) is 17.6 Å². The van der Waals surface area contributed by atoms with Crippen LogP contribution >= 0.6 is 11.8 Å². The Bertz CT molecular complexity index is 462. The predicted molar refractivity (Wildman–Crippen MR) is 73.6 cm³/mol. The van der Waals surface area contributed by atoms with E-state index in [4.69, 9.17) is 9.84 Å². The molecular weight excluding hydrogens is 282 g/mol. The van der Waals surface area contributed by atoms with Gasteiger partial charge in [-0.1, -0.05) is 18.7 Å². The molecule has 1 aromatic rings. The molecule has 0 bridgehead atoms. The van der Waals surface area contributed by atoms with Gasteiger partial charge in [-0.05, 0) is 13.3 Å². The first kappa shape index (κ1) is 16.5. The summed E-state index contributed by atoms with van der Waals surface area (Å²) < 4.78 is 6.73. The van der Waals surface area contributed by atoms with E-state index < -0.39 is 5.97 Å². The molecule has 112 valence electrons. The van der Waals surface area contributed by atoms with Crippen molar-refractivity contribution in [3.8, 4) is 0 Å². The van der Waals surface area contributed by atoms with E-state index >= 15 is 0 Å². The highest BCUT2D eigenvalue weighted by Crippen LogP contribution is 2.18. The fourth-order valence-electron chi connectivity index (χ4n) is 1.65. The summed E-state index contributed by atoms with van der Waals surface area (Å²) in [7, 11) is 0. The lowest BCUT2D eigenvalue weighted by atomic mass is 10.3. The van der Waals surface area contributed by atoms with Gasteiger partial charge in [-0.3, -0.25) is 9.59 Å². The van der Waals surface area contributed by atoms with Crippen LogP contribution in [0.2, 0.25) is 0 Å². The van der Waals surface area contributed by atoms with E-state index in [-0.39, 0.29) is 11.7 Å². The number of carboxylic acid groups (broad SMARTS) is 1. The molecule has 8 heteroatoms. The molecule has 1 N–H and O–H groups in total. The zero-order chi connectivity index (χ0) is 15.0. The number of carboxylic acids is 1. The number of carbonyl (C=O) groups excluding carboxylic acids is 1. The van der Waals surface area contributed by atoms with E-state index in [1.165, 1.54) is 0 Å².